The maximum absolute atomic E-state index is 11.6. The van der Waals surface area contributed by atoms with Gasteiger partial charge in [-0.25, -0.2) is 4.79 Å². The molecule has 0 spiro atoms. The van der Waals surface area contributed by atoms with Gasteiger partial charge in [0.25, 0.3) is 0 Å². The molecular formula is C23H21ClO4. The fourth-order valence-electron chi connectivity index (χ4n) is 2.73. The molecule has 3 rings (SSSR count). The van der Waals surface area contributed by atoms with Gasteiger partial charge in [0, 0.05) is 6.42 Å². The Bertz CT molecular complexity index is 897. The van der Waals surface area contributed by atoms with Crippen molar-refractivity contribution in [1.82, 2.24) is 0 Å². The third kappa shape index (κ3) is 5.84. The summed E-state index contributed by atoms with van der Waals surface area (Å²) in [6, 6.07) is 24.6. The molecule has 0 bridgehead atoms. The molecular weight excluding hydrogens is 376 g/mol. The number of ether oxygens (including phenoxy) is 2. The number of carboxylic acids is 1. The lowest BCUT2D eigenvalue weighted by molar-refractivity contribution is -0.151. The molecule has 0 saturated heterocycles. The number of halogens is 1. The van der Waals surface area contributed by atoms with E-state index in [-0.39, 0.29) is 13.0 Å². The summed E-state index contributed by atoms with van der Waals surface area (Å²) in [5, 5.41) is 9.91. The van der Waals surface area contributed by atoms with Crippen LogP contribution in [0, 0.1) is 0 Å². The normalized spacial score (nSPS) is 11.8. The highest BCUT2D eigenvalue weighted by molar-refractivity contribution is 6.32. The Labute approximate surface area is 169 Å². The molecule has 0 unspecified atom stereocenters. The van der Waals surface area contributed by atoms with E-state index < -0.39 is 12.1 Å². The fourth-order valence-corrected chi connectivity index (χ4v) is 2.98. The molecule has 5 heteroatoms. The molecule has 144 valence electrons. The van der Waals surface area contributed by atoms with E-state index in [1.165, 1.54) is 0 Å². The summed E-state index contributed by atoms with van der Waals surface area (Å²) in [4.78, 5) is 11.6. The SMILES string of the molecule is O=C(O)[C@@H](Cc1ccc(OCc2ccccc2)c(Cl)c1)OCc1ccccc1. The van der Waals surface area contributed by atoms with Gasteiger partial charge in [0.2, 0.25) is 0 Å². The summed E-state index contributed by atoms with van der Waals surface area (Å²) in [5.74, 6) is -0.442. The van der Waals surface area contributed by atoms with Gasteiger partial charge in [0.05, 0.1) is 11.6 Å². The lowest BCUT2D eigenvalue weighted by Gasteiger charge is -2.15. The summed E-state index contributed by atoms with van der Waals surface area (Å²) in [6.45, 7) is 0.654. The van der Waals surface area contributed by atoms with Crippen LogP contribution >= 0.6 is 11.6 Å². The van der Waals surface area contributed by atoms with Crippen molar-refractivity contribution in [2.45, 2.75) is 25.7 Å². The predicted octanol–water partition coefficient (Wildman–Crippen LogP) is 5.13. The van der Waals surface area contributed by atoms with Crippen LogP contribution in [0.15, 0.2) is 78.9 Å². The number of benzene rings is 3. The number of carboxylic acid groups (broad SMARTS) is 1. The van der Waals surface area contributed by atoms with Gasteiger partial charge in [0.1, 0.15) is 12.4 Å². The molecule has 0 fully saturated rings. The molecule has 1 N–H and O–H groups in total. The molecule has 28 heavy (non-hydrogen) atoms. The predicted molar refractivity (Wildman–Crippen MR) is 109 cm³/mol. The van der Waals surface area contributed by atoms with Crippen LogP contribution in [0.5, 0.6) is 5.75 Å². The summed E-state index contributed by atoms with van der Waals surface area (Å²) in [6.07, 6.45) is -0.728. The van der Waals surface area contributed by atoms with Gasteiger partial charge in [-0.2, -0.15) is 0 Å². The Morgan fingerprint density at radius 3 is 2.04 bits per heavy atom. The molecule has 0 heterocycles. The average Bonchev–Trinajstić information content (AvgIpc) is 2.72. The molecule has 0 aliphatic carbocycles. The Morgan fingerprint density at radius 2 is 1.46 bits per heavy atom. The number of carbonyl (C=O) groups is 1. The molecule has 1 atom stereocenters. The van der Waals surface area contributed by atoms with Crippen molar-refractivity contribution in [3.8, 4) is 5.75 Å². The standard InChI is InChI=1S/C23H21ClO4/c24-20-13-19(11-12-21(20)27-15-17-7-3-1-4-8-17)14-22(23(25)26)28-16-18-9-5-2-6-10-18/h1-13,22H,14-16H2,(H,25,26)/t22-/m1/s1. The molecule has 0 radical (unpaired) electrons. The van der Waals surface area contributed by atoms with Crippen LogP contribution in [0.3, 0.4) is 0 Å². The van der Waals surface area contributed by atoms with E-state index in [2.05, 4.69) is 0 Å². The molecule has 0 aromatic heterocycles. The van der Waals surface area contributed by atoms with Crippen molar-refractivity contribution in [3.63, 3.8) is 0 Å². The lowest BCUT2D eigenvalue weighted by Crippen LogP contribution is -2.26. The van der Waals surface area contributed by atoms with Gasteiger partial charge in [-0.05, 0) is 28.8 Å². The molecule has 0 aliphatic heterocycles. The summed E-state index contributed by atoms with van der Waals surface area (Å²) < 4.78 is 11.4. The summed E-state index contributed by atoms with van der Waals surface area (Å²) in [5.41, 5.74) is 2.75. The smallest absolute Gasteiger partial charge is 0.333 e. The van der Waals surface area contributed by atoms with E-state index in [1.807, 2.05) is 66.7 Å². The third-order valence-electron chi connectivity index (χ3n) is 4.22. The molecule has 0 saturated carbocycles. The van der Waals surface area contributed by atoms with Crippen LogP contribution in [0.2, 0.25) is 5.02 Å². The second-order valence-electron chi connectivity index (χ2n) is 6.37. The van der Waals surface area contributed by atoms with Crippen LogP contribution in [0.4, 0.5) is 0 Å². The minimum absolute atomic E-state index is 0.223. The number of hydrogen-bond acceptors (Lipinski definition) is 3. The van der Waals surface area contributed by atoms with Crippen LogP contribution in [-0.2, 0) is 29.2 Å². The Kier molecular flexibility index (Phi) is 7.06. The second-order valence-corrected chi connectivity index (χ2v) is 6.77. The topological polar surface area (TPSA) is 55.8 Å². The highest BCUT2D eigenvalue weighted by atomic mass is 35.5. The lowest BCUT2D eigenvalue weighted by atomic mass is 10.1. The van der Waals surface area contributed by atoms with E-state index in [1.54, 1.807) is 12.1 Å². The monoisotopic (exact) mass is 396 g/mol. The van der Waals surface area contributed by atoms with E-state index in [0.717, 1.165) is 16.7 Å². The van der Waals surface area contributed by atoms with Crippen molar-refractivity contribution in [1.29, 1.82) is 0 Å². The van der Waals surface area contributed by atoms with Crippen LogP contribution in [0.25, 0.3) is 0 Å². The van der Waals surface area contributed by atoms with Gasteiger partial charge < -0.3 is 14.6 Å². The first-order chi connectivity index (χ1) is 13.6. The largest absolute Gasteiger partial charge is 0.487 e. The zero-order valence-corrected chi connectivity index (χ0v) is 16.0. The fraction of sp³-hybridized carbons (Fsp3) is 0.174. The van der Waals surface area contributed by atoms with Gasteiger partial charge in [-0.1, -0.05) is 78.3 Å². The van der Waals surface area contributed by atoms with Gasteiger partial charge in [-0.3, -0.25) is 0 Å². The Morgan fingerprint density at radius 1 is 0.857 bits per heavy atom. The zero-order valence-electron chi connectivity index (χ0n) is 15.3. The number of hydrogen-bond donors (Lipinski definition) is 1. The van der Waals surface area contributed by atoms with Gasteiger partial charge >= 0.3 is 5.97 Å². The second kappa shape index (κ2) is 9.93. The average molecular weight is 397 g/mol. The van der Waals surface area contributed by atoms with Crippen LogP contribution < -0.4 is 4.74 Å². The van der Waals surface area contributed by atoms with Crippen LogP contribution in [0.1, 0.15) is 16.7 Å². The molecule has 4 nitrogen and oxygen atoms in total. The Hall–Kier alpha value is -2.82. The molecule has 3 aromatic carbocycles. The first-order valence-electron chi connectivity index (χ1n) is 8.95. The van der Waals surface area contributed by atoms with Gasteiger partial charge in [0.15, 0.2) is 6.10 Å². The van der Waals surface area contributed by atoms with Crippen LogP contribution in [-0.4, -0.2) is 17.2 Å². The van der Waals surface area contributed by atoms with Crippen molar-refractivity contribution < 1.29 is 19.4 Å². The Balaban J connectivity index is 1.60. The van der Waals surface area contributed by atoms with E-state index in [0.29, 0.717) is 17.4 Å². The number of aliphatic carboxylic acids is 1. The van der Waals surface area contributed by atoms with Gasteiger partial charge in [-0.15, -0.1) is 0 Å². The van der Waals surface area contributed by atoms with E-state index >= 15 is 0 Å². The summed E-state index contributed by atoms with van der Waals surface area (Å²) in [7, 11) is 0. The van der Waals surface area contributed by atoms with E-state index in [4.69, 9.17) is 21.1 Å². The highest BCUT2D eigenvalue weighted by Gasteiger charge is 2.19. The van der Waals surface area contributed by atoms with Crippen molar-refractivity contribution >= 4 is 17.6 Å². The van der Waals surface area contributed by atoms with Crippen molar-refractivity contribution in [3.05, 3.63) is 101 Å². The minimum atomic E-state index is -1.00. The molecule has 0 aliphatic rings. The van der Waals surface area contributed by atoms with E-state index in [9.17, 15) is 9.90 Å². The molecule has 0 amide bonds. The summed E-state index contributed by atoms with van der Waals surface area (Å²) >= 11 is 6.32. The first-order valence-corrected chi connectivity index (χ1v) is 9.33. The highest BCUT2D eigenvalue weighted by Crippen LogP contribution is 2.27. The zero-order chi connectivity index (χ0) is 19.8. The molecule has 3 aromatic rings. The maximum Gasteiger partial charge on any atom is 0.333 e. The van der Waals surface area contributed by atoms with Crippen molar-refractivity contribution in [2.75, 3.05) is 0 Å². The van der Waals surface area contributed by atoms with Crippen molar-refractivity contribution in [2.24, 2.45) is 0 Å². The quantitative estimate of drug-likeness (QED) is 0.544. The number of rotatable bonds is 9. The third-order valence-corrected chi connectivity index (χ3v) is 4.52. The first kappa shape index (κ1) is 19.9. The minimum Gasteiger partial charge on any atom is -0.487 e. The maximum atomic E-state index is 11.6.